The average molecular weight is 795 g/mol. The van der Waals surface area contributed by atoms with E-state index in [0.717, 1.165) is 19.3 Å². The van der Waals surface area contributed by atoms with E-state index in [4.69, 9.17) is 19.9 Å². The van der Waals surface area contributed by atoms with Crippen molar-refractivity contribution in [3.8, 4) is 0 Å². The number of nitrogens with zero attached hydrogens (tertiary/aromatic N) is 1. The molecule has 6 amide bonds. The van der Waals surface area contributed by atoms with Gasteiger partial charge in [-0.2, -0.15) is 0 Å². The maximum atomic E-state index is 14.4. The second kappa shape index (κ2) is 20.8. The van der Waals surface area contributed by atoms with E-state index in [2.05, 4.69) is 21.3 Å². The van der Waals surface area contributed by atoms with Gasteiger partial charge in [0.1, 0.15) is 29.3 Å². The molecule has 1 heterocycles. The standard InChI is InChI=1S/C39H66N6O11/c1-11-15-25(31(48)34(51)41-21-28(46)42-26(32(40)49)18-19-29(47)55-38(5,6)7)43-33(50)27-20-24(54-37(2,3)4)22-45(27)35(52)30(23-16-13-12-14-17-23)44-36(53)56-39(8,9)10/h23-27,30H,11-22H2,1-10H3,(H2,40,49)(H,41,51)(H,42,46)(H,43,50)(H,44,53). The molecule has 6 N–H and O–H groups in total. The van der Waals surface area contributed by atoms with Crippen LogP contribution in [0.2, 0.25) is 0 Å². The Morgan fingerprint density at radius 3 is 1.91 bits per heavy atom. The Bertz CT molecular complexity index is 1430. The SMILES string of the molecule is CCCC(NC(=O)C1CC(OC(C)(C)C)CN1C(=O)C(NC(=O)OC(C)(C)C)C1CCCCC1)C(=O)C(=O)NCC(=O)NC(CCC(=O)OC(C)(C)C)C(N)=O. The van der Waals surface area contributed by atoms with Gasteiger partial charge in [0, 0.05) is 19.4 Å². The lowest BCUT2D eigenvalue weighted by Gasteiger charge is -2.35. The number of hydrogen-bond donors (Lipinski definition) is 5. The largest absolute Gasteiger partial charge is 0.460 e. The molecule has 0 radical (unpaired) electrons. The monoisotopic (exact) mass is 794 g/mol. The summed E-state index contributed by atoms with van der Waals surface area (Å²) in [5.74, 6) is -5.85. The molecule has 2 aliphatic rings. The minimum absolute atomic E-state index is 0.0550. The van der Waals surface area contributed by atoms with Crippen LogP contribution in [0.3, 0.4) is 0 Å². The summed E-state index contributed by atoms with van der Waals surface area (Å²) in [5.41, 5.74) is 3.23. The van der Waals surface area contributed by atoms with Crippen LogP contribution in [-0.4, -0.2) is 112 Å². The fourth-order valence-corrected chi connectivity index (χ4v) is 6.75. The normalized spacial score (nSPS) is 19.5. The smallest absolute Gasteiger partial charge is 0.408 e. The number of rotatable bonds is 17. The van der Waals surface area contributed by atoms with Gasteiger partial charge >= 0.3 is 12.1 Å². The van der Waals surface area contributed by atoms with Crippen molar-refractivity contribution < 1.29 is 52.6 Å². The van der Waals surface area contributed by atoms with Crippen molar-refractivity contribution in [3.63, 3.8) is 0 Å². The summed E-state index contributed by atoms with van der Waals surface area (Å²) in [6, 6.07) is -4.59. The molecule has 0 spiro atoms. The zero-order valence-electron chi connectivity index (χ0n) is 35.0. The molecular formula is C39H66N6O11. The Kier molecular flexibility index (Phi) is 17.7. The summed E-state index contributed by atoms with van der Waals surface area (Å²) in [5, 5.41) is 10.0. The molecule has 1 saturated heterocycles. The van der Waals surface area contributed by atoms with Crippen molar-refractivity contribution >= 4 is 47.4 Å². The van der Waals surface area contributed by atoms with Crippen LogP contribution in [0, 0.1) is 5.92 Å². The van der Waals surface area contributed by atoms with E-state index in [0.29, 0.717) is 19.3 Å². The maximum absolute atomic E-state index is 14.4. The van der Waals surface area contributed by atoms with Gasteiger partial charge in [-0.05, 0) is 93.9 Å². The van der Waals surface area contributed by atoms with Gasteiger partial charge in [0.25, 0.3) is 5.91 Å². The van der Waals surface area contributed by atoms with Gasteiger partial charge in [-0.15, -0.1) is 0 Å². The van der Waals surface area contributed by atoms with E-state index < -0.39 is 101 Å². The number of esters is 1. The van der Waals surface area contributed by atoms with Crippen molar-refractivity contribution in [2.24, 2.45) is 11.7 Å². The third-order valence-electron chi connectivity index (χ3n) is 9.01. The van der Waals surface area contributed by atoms with Crippen LogP contribution in [-0.2, 0) is 47.8 Å². The molecule has 1 saturated carbocycles. The van der Waals surface area contributed by atoms with Crippen LogP contribution in [0.1, 0.15) is 133 Å². The van der Waals surface area contributed by atoms with E-state index in [9.17, 15) is 38.4 Å². The molecular weight excluding hydrogens is 728 g/mol. The zero-order valence-corrected chi connectivity index (χ0v) is 35.0. The molecule has 5 atom stereocenters. The van der Waals surface area contributed by atoms with Crippen molar-refractivity contribution in [2.75, 3.05) is 13.1 Å². The molecule has 2 fully saturated rings. The summed E-state index contributed by atoms with van der Waals surface area (Å²) < 4.78 is 16.9. The number of carbonyl (C=O) groups is 8. The van der Waals surface area contributed by atoms with Crippen molar-refractivity contribution in [3.05, 3.63) is 0 Å². The third kappa shape index (κ3) is 16.8. The molecule has 17 heteroatoms. The Morgan fingerprint density at radius 1 is 0.768 bits per heavy atom. The Hall–Kier alpha value is -4.28. The van der Waals surface area contributed by atoms with Crippen LogP contribution in [0.15, 0.2) is 0 Å². The summed E-state index contributed by atoms with van der Waals surface area (Å²) >= 11 is 0. The number of Topliss-reactive ketones (excluding diaryl/α,β-unsaturated/α-hetero) is 1. The second-order valence-corrected chi connectivity index (χ2v) is 17.7. The lowest BCUT2D eigenvalue weighted by atomic mass is 9.83. The number of nitrogens with two attached hydrogens (primary N) is 1. The maximum Gasteiger partial charge on any atom is 0.408 e. The van der Waals surface area contributed by atoms with Gasteiger partial charge in [-0.25, -0.2) is 4.79 Å². The van der Waals surface area contributed by atoms with E-state index in [1.165, 1.54) is 4.90 Å². The number of hydrogen-bond acceptors (Lipinski definition) is 11. The van der Waals surface area contributed by atoms with Crippen molar-refractivity contribution in [2.45, 2.75) is 181 Å². The van der Waals surface area contributed by atoms with E-state index >= 15 is 0 Å². The predicted octanol–water partition coefficient (Wildman–Crippen LogP) is 2.31. The lowest BCUT2D eigenvalue weighted by molar-refractivity contribution is -0.155. The number of ketones is 1. The number of nitrogens with one attached hydrogen (secondary N) is 4. The van der Waals surface area contributed by atoms with Crippen LogP contribution in [0.25, 0.3) is 0 Å². The van der Waals surface area contributed by atoms with Gasteiger partial charge in [0.05, 0.1) is 24.3 Å². The molecule has 318 valence electrons. The first-order valence-electron chi connectivity index (χ1n) is 19.7. The minimum Gasteiger partial charge on any atom is -0.460 e. The quantitative estimate of drug-likeness (QED) is 0.106. The molecule has 17 nitrogen and oxygen atoms in total. The summed E-state index contributed by atoms with van der Waals surface area (Å²) in [4.78, 5) is 106. The first-order valence-corrected chi connectivity index (χ1v) is 19.7. The summed E-state index contributed by atoms with van der Waals surface area (Å²) in [6.07, 6.45) is 3.12. The number of amides is 6. The summed E-state index contributed by atoms with van der Waals surface area (Å²) in [7, 11) is 0. The number of alkyl carbamates (subject to hydrolysis) is 1. The van der Waals surface area contributed by atoms with E-state index in [1.54, 1.807) is 48.5 Å². The Balaban J connectivity index is 2.20. The van der Waals surface area contributed by atoms with Crippen LogP contribution in [0.5, 0.6) is 0 Å². The van der Waals surface area contributed by atoms with Gasteiger partial charge in [0.15, 0.2) is 0 Å². The van der Waals surface area contributed by atoms with Crippen molar-refractivity contribution in [1.29, 1.82) is 0 Å². The Labute approximate surface area is 331 Å². The summed E-state index contributed by atoms with van der Waals surface area (Å²) in [6.45, 7) is 16.9. The molecule has 1 aliphatic heterocycles. The highest BCUT2D eigenvalue weighted by Gasteiger charge is 2.46. The van der Waals surface area contributed by atoms with Crippen LogP contribution < -0.4 is 27.0 Å². The van der Waals surface area contributed by atoms with E-state index in [1.807, 2.05) is 20.8 Å². The van der Waals surface area contributed by atoms with Gasteiger partial charge in [-0.1, -0.05) is 32.6 Å². The van der Waals surface area contributed by atoms with Gasteiger partial charge in [-0.3, -0.25) is 33.6 Å². The molecule has 5 unspecified atom stereocenters. The molecule has 0 bridgehead atoms. The third-order valence-corrected chi connectivity index (χ3v) is 9.01. The number of ether oxygens (including phenoxy) is 3. The van der Waals surface area contributed by atoms with Crippen LogP contribution >= 0.6 is 0 Å². The molecule has 56 heavy (non-hydrogen) atoms. The molecule has 2 rings (SSSR count). The number of carbonyl (C=O) groups excluding carboxylic acids is 8. The van der Waals surface area contributed by atoms with Gasteiger partial charge in [0.2, 0.25) is 29.4 Å². The lowest BCUT2D eigenvalue weighted by Crippen LogP contribution is -2.58. The molecule has 0 aromatic heterocycles. The van der Waals surface area contributed by atoms with E-state index in [-0.39, 0.29) is 38.1 Å². The van der Waals surface area contributed by atoms with Gasteiger partial charge < -0.3 is 46.1 Å². The minimum atomic E-state index is -1.30. The highest BCUT2D eigenvalue weighted by Crippen LogP contribution is 2.31. The Morgan fingerprint density at radius 2 is 1.38 bits per heavy atom. The molecule has 0 aromatic rings. The number of likely N-dealkylation sites (tertiary alicyclic amines) is 1. The fraction of sp³-hybridized carbons (Fsp3) is 0.795. The predicted molar refractivity (Wildman–Crippen MR) is 206 cm³/mol. The fourth-order valence-electron chi connectivity index (χ4n) is 6.75. The van der Waals surface area contributed by atoms with Crippen LogP contribution in [0.4, 0.5) is 4.79 Å². The van der Waals surface area contributed by atoms with Crippen molar-refractivity contribution in [1.82, 2.24) is 26.2 Å². The topological polar surface area (TPSA) is 242 Å². The highest BCUT2D eigenvalue weighted by molar-refractivity contribution is 6.38. The molecule has 0 aromatic carbocycles. The highest BCUT2D eigenvalue weighted by atomic mass is 16.6. The number of primary amides is 1. The average Bonchev–Trinajstić information content (AvgIpc) is 3.48. The first-order chi connectivity index (χ1) is 25.8. The molecule has 1 aliphatic carbocycles. The zero-order chi connectivity index (χ0) is 42.6. The second-order valence-electron chi connectivity index (χ2n) is 17.7. The first kappa shape index (κ1) is 47.9.